The van der Waals surface area contributed by atoms with Crippen molar-refractivity contribution in [3.8, 4) is 0 Å². The first-order chi connectivity index (χ1) is 8.69. The van der Waals surface area contributed by atoms with E-state index in [2.05, 4.69) is 20.9 Å². The number of thioether (sulfide) groups is 1. The highest BCUT2D eigenvalue weighted by Gasteiger charge is 2.07. The van der Waals surface area contributed by atoms with Crippen molar-refractivity contribution in [2.75, 3.05) is 6.26 Å². The van der Waals surface area contributed by atoms with Gasteiger partial charge >= 0.3 is 0 Å². The molecule has 0 spiro atoms. The first-order valence-electron chi connectivity index (χ1n) is 5.47. The van der Waals surface area contributed by atoms with Crippen molar-refractivity contribution in [2.24, 2.45) is 0 Å². The van der Waals surface area contributed by atoms with Crippen molar-refractivity contribution in [1.82, 2.24) is 4.98 Å². The molecule has 1 aromatic carbocycles. The van der Waals surface area contributed by atoms with Crippen LogP contribution in [0.25, 0.3) is 0 Å². The van der Waals surface area contributed by atoms with E-state index >= 15 is 0 Å². The molecule has 0 radical (unpaired) electrons. The van der Waals surface area contributed by atoms with Gasteiger partial charge in [-0.25, -0.2) is 0 Å². The van der Waals surface area contributed by atoms with E-state index in [-0.39, 0.29) is 5.78 Å². The van der Waals surface area contributed by atoms with Crippen LogP contribution in [0.15, 0.2) is 52.0 Å². The molecule has 0 atom stereocenters. The topological polar surface area (TPSA) is 30.0 Å². The average Bonchev–Trinajstić information content (AvgIpc) is 2.41. The van der Waals surface area contributed by atoms with Crippen LogP contribution in [0.3, 0.4) is 0 Å². The first-order valence-corrected chi connectivity index (χ1v) is 7.48. The maximum atomic E-state index is 12.0. The van der Waals surface area contributed by atoms with Gasteiger partial charge in [-0.2, -0.15) is 0 Å². The van der Waals surface area contributed by atoms with Gasteiger partial charge in [0.15, 0.2) is 5.78 Å². The third-order valence-corrected chi connectivity index (χ3v) is 3.75. The fourth-order valence-electron chi connectivity index (χ4n) is 1.55. The first kappa shape index (κ1) is 13.3. The second-order valence-electron chi connectivity index (χ2n) is 3.80. The maximum Gasteiger partial charge on any atom is 0.168 e. The molecule has 4 heteroatoms. The third kappa shape index (κ3) is 3.43. The predicted octanol–water partition coefficient (Wildman–Crippen LogP) is 3.99. The van der Waals surface area contributed by atoms with Gasteiger partial charge in [-0.3, -0.25) is 9.78 Å². The lowest BCUT2D eigenvalue weighted by Crippen LogP contribution is -2.04. The number of halogens is 1. The number of carbonyl (C=O) groups excluding carboxylic acids is 1. The van der Waals surface area contributed by atoms with E-state index in [1.54, 1.807) is 18.0 Å². The number of aromatic nitrogens is 1. The molecule has 92 valence electrons. The molecule has 2 nitrogen and oxygen atoms in total. The standard InChI is InChI=1S/C14H12BrNOS/c1-18-13-6-2-10(3-7-13)14(17)8-12-5-4-11(15)9-16-12/h2-7,9H,8H2,1H3. The number of benzene rings is 1. The summed E-state index contributed by atoms with van der Waals surface area (Å²) in [6.45, 7) is 0. The van der Waals surface area contributed by atoms with Crippen LogP contribution < -0.4 is 0 Å². The van der Waals surface area contributed by atoms with Gasteiger partial charge in [0.25, 0.3) is 0 Å². The summed E-state index contributed by atoms with van der Waals surface area (Å²) in [5, 5.41) is 0. The van der Waals surface area contributed by atoms with E-state index in [0.717, 1.165) is 20.6 Å². The Hall–Kier alpha value is -1.13. The second kappa shape index (κ2) is 6.16. The van der Waals surface area contributed by atoms with E-state index in [0.29, 0.717) is 6.42 Å². The lowest BCUT2D eigenvalue weighted by Gasteiger charge is -2.02. The van der Waals surface area contributed by atoms with Gasteiger partial charge < -0.3 is 0 Å². The van der Waals surface area contributed by atoms with Gasteiger partial charge in [-0.15, -0.1) is 11.8 Å². The molecule has 0 saturated heterocycles. The Balaban J connectivity index is 2.09. The van der Waals surface area contributed by atoms with Gasteiger partial charge in [0.05, 0.1) is 6.42 Å². The van der Waals surface area contributed by atoms with Gasteiger partial charge in [0.1, 0.15) is 0 Å². The highest BCUT2D eigenvalue weighted by atomic mass is 79.9. The molecule has 0 unspecified atom stereocenters. The Morgan fingerprint density at radius 2 is 1.94 bits per heavy atom. The number of rotatable bonds is 4. The highest BCUT2D eigenvalue weighted by molar-refractivity contribution is 9.10. The third-order valence-electron chi connectivity index (χ3n) is 2.54. The van der Waals surface area contributed by atoms with Crippen molar-refractivity contribution >= 4 is 33.5 Å². The molecule has 1 aromatic heterocycles. The molecule has 0 amide bonds. The molecule has 0 bridgehead atoms. The molecule has 0 aliphatic rings. The van der Waals surface area contributed by atoms with Gasteiger partial charge in [-0.05, 0) is 46.5 Å². The summed E-state index contributed by atoms with van der Waals surface area (Å²) >= 11 is 4.99. The Labute approximate surface area is 119 Å². The number of carbonyl (C=O) groups is 1. The number of nitrogens with zero attached hydrogens (tertiary/aromatic N) is 1. The zero-order valence-electron chi connectivity index (χ0n) is 9.89. The minimum absolute atomic E-state index is 0.0949. The van der Waals surface area contributed by atoms with Crippen molar-refractivity contribution < 1.29 is 4.79 Å². The minimum Gasteiger partial charge on any atom is -0.294 e. The molecule has 0 N–H and O–H groups in total. The largest absolute Gasteiger partial charge is 0.294 e. The summed E-state index contributed by atoms with van der Waals surface area (Å²) in [6, 6.07) is 11.4. The number of hydrogen-bond acceptors (Lipinski definition) is 3. The van der Waals surface area contributed by atoms with Crippen molar-refractivity contribution in [1.29, 1.82) is 0 Å². The second-order valence-corrected chi connectivity index (χ2v) is 5.59. The lowest BCUT2D eigenvalue weighted by atomic mass is 10.1. The maximum absolute atomic E-state index is 12.0. The lowest BCUT2D eigenvalue weighted by molar-refractivity contribution is 0.0992. The van der Waals surface area contributed by atoms with Gasteiger partial charge in [-0.1, -0.05) is 12.1 Å². The van der Waals surface area contributed by atoms with Crippen LogP contribution in [0, 0.1) is 0 Å². The van der Waals surface area contributed by atoms with Crippen LogP contribution in [0.5, 0.6) is 0 Å². The number of Topliss-reactive ketones (excluding diaryl/α,β-unsaturated/α-hetero) is 1. The summed E-state index contributed by atoms with van der Waals surface area (Å²) in [7, 11) is 0. The van der Waals surface area contributed by atoms with Crippen LogP contribution in [0.2, 0.25) is 0 Å². The summed E-state index contributed by atoms with van der Waals surface area (Å²) < 4.78 is 0.919. The minimum atomic E-state index is 0.0949. The molecule has 2 aromatic rings. The summed E-state index contributed by atoms with van der Waals surface area (Å²) in [5.74, 6) is 0.0949. The molecule has 0 saturated carbocycles. The fourth-order valence-corrected chi connectivity index (χ4v) is 2.20. The molecular formula is C14H12BrNOS. The summed E-state index contributed by atoms with van der Waals surface area (Å²) in [5.41, 5.74) is 1.52. The quantitative estimate of drug-likeness (QED) is 0.630. The van der Waals surface area contributed by atoms with Gasteiger partial charge in [0, 0.05) is 26.8 Å². The molecular weight excluding hydrogens is 310 g/mol. The SMILES string of the molecule is CSc1ccc(C(=O)Cc2ccc(Br)cn2)cc1. The van der Waals surface area contributed by atoms with Crippen LogP contribution in [-0.4, -0.2) is 17.0 Å². The Kier molecular flexibility index (Phi) is 4.55. The monoisotopic (exact) mass is 321 g/mol. The molecule has 0 fully saturated rings. The molecule has 2 rings (SSSR count). The smallest absolute Gasteiger partial charge is 0.168 e. The molecule has 1 heterocycles. The fraction of sp³-hybridized carbons (Fsp3) is 0.143. The number of pyridine rings is 1. The highest BCUT2D eigenvalue weighted by Crippen LogP contribution is 2.16. The normalized spacial score (nSPS) is 10.3. The van der Waals surface area contributed by atoms with Crippen molar-refractivity contribution in [3.05, 3.63) is 58.3 Å². The van der Waals surface area contributed by atoms with Crippen molar-refractivity contribution in [3.63, 3.8) is 0 Å². The summed E-state index contributed by atoms with van der Waals surface area (Å²) in [4.78, 5) is 17.4. The van der Waals surface area contributed by atoms with Crippen LogP contribution in [0.1, 0.15) is 16.1 Å². The average molecular weight is 322 g/mol. The van der Waals surface area contributed by atoms with E-state index < -0.39 is 0 Å². The molecule has 0 aliphatic carbocycles. The van der Waals surface area contributed by atoms with E-state index in [1.165, 1.54) is 0 Å². The van der Waals surface area contributed by atoms with Crippen molar-refractivity contribution in [2.45, 2.75) is 11.3 Å². The zero-order valence-corrected chi connectivity index (χ0v) is 12.3. The number of ketones is 1. The van der Waals surface area contributed by atoms with E-state index in [1.807, 2.05) is 42.7 Å². The zero-order chi connectivity index (χ0) is 13.0. The predicted molar refractivity (Wildman–Crippen MR) is 78.2 cm³/mol. The van der Waals surface area contributed by atoms with Gasteiger partial charge in [0.2, 0.25) is 0 Å². The van der Waals surface area contributed by atoms with E-state index in [9.17, 15) is 4.79 Å². The Morgan fingerprint density at radius 3 is 2.50 bits per heavy atom. The number of hydrogen-bond donors (Lipinski definition) is 0. The van der Waals surface area contributed by atoms with Crippen LogP contribution in [0.4, 0.5) is 0 Å². The molecule has 18 heavy (non-hydrogen) atoms. The van der Waals surface area contributed by atoms with Crippen LogP contribution >= 0.6 is 27.7 Å². The summed E-state index contributed by atoms with van der Waals surface area (Å²) in [6.07, 6.45) is 4.06. The van der Waals surface area contributed by atoms with Crippen LogP contribution in [-0.2, 0) is 6.42 Å². The Bertz CT molecular complexity index is 537. The Morgan fingerprint density at radius 1 is 1.22 bits per heavy atom. The molecule has 0 aliphatic heterocycles. The van der Waals surface area contributed by atoms with E-state index in [4.69, 9.17) is 0 Å².